The molecule has 2 aliphatic rings. The van der Waals surface area contributed by atoms with E-state index < -0.39 is 0 Å². The van der Waals surface area contributed by atoms with Crippen molar-refractivity contribution in [3.05, 3.63) is 71.9 Å². The van der Waals surface area contributed by atoms with Crippen molar-refractivity contribution in [3.63, 3.8) is 0 Å². The van der Waals surface area contributed by atoms with Crippen LogP contribution in [0.2, 0.25) is 0 Å². The lowest BCUT2D eigenvalue weighted by Gasteiger charge is -2.01. The Morgan fingerprint density at radius 1 is 0.550 bits per heavy atom. The van der Waals surface area contributed by atoms with Gasteiger partial charge in [-0.25, -0.2) is 0 Å². The fourth-order valence-electron chi connectivity index (χ4n) is 1.59. The molecule has 0 saturated heterocycles. The Hall–Kier alpha value is -1.56. The van der Waals surface area contributed by atoms with E-state index in [1.807, 2.05) is 41.5 Å². The standard InChI is InChI=1S/C14H14.3C2H6/c1-2-6-10-13(9-5-1)14-11-7-3-4-8-12-14;3*1-2/h1-5,7,9-12H,6,8H2;3*1-2H3. The topological polar surface area (TPSA) is 0 Å². The first-order chi connectivity index (χ1) is 9.97. The Labute approximate surface area is 127 Å². The van der Waals surface area contributed by atoms with E-state index in [1.54, 1.807) is 0 Å². The minimum atomic E-state index is 1.03. The van der Waals surface area contributed by atoms with Gasteiger partial charge < -0.3 is 0 Å². The van der Waals surface area contributed by atoms with Crippen molar-refractivity contribution in [3.8, 4) is 0 Å². The van der Waals surface area contributed by atoms with E-state index >= 15 is 0 Å². The third-order valence-corrected chi connectivity index (χ3v) is 2.33. The largest absolute Gasteiger partial charge is 0.0807 e. The number of allylic oxidation sites excluding steroid dienone is 12. The lowest BCUT2D eigenvalue weighted by Crippen LogP contribution is -1.82. The van der Waals surface area contributed by atoms with Crippen LogP contribution in [0.1, 0.15) is 54.4 Å². The van der Waals surface area contributed by atoms with E-state index in [-0.39, 0.29) is 0 Å². The van der Waals surface area contributed by atoms with Crippen molar-refractivity contribution in [2.24, 2.45) is 0 Å². The fourth-order valence-corrected chi connectivity index (χ4v) is 1.59. The van der Waals surface area contributed by atoms with Gasteiger partial charge in [-0.15, -0.1) is 0 Å². The summed E-state index contributed by atoms with van der Waals surface area (Å²) in [5, 5.41) is 0. The van der Waals surface area contributed by atoms with Crippen molar-refractivity contribution in [2.75, 3.05) is 0 Å². The molecule has 0 fully saturated rings. The van der Waals surface area contributed by atoms with Gasteiger partial charge in [0.05, 0.1) is 0 Å². The van der Waals surface area contributed by atoms with Gasteiger partial charge in [0.25, 0.3) is 0 Å². The van der Waals surface area contributed by atoms with Gasteiger partial charge in [-0.3, -0.25) is 0 Å². The summed E-state index contributed by atoms with van der Waals surface area (Å²) in [7, 11) is 0. The normalized spacial score (nSPS) is 14.9. The molecule has 0 atom stereocenters. The molecule has 0 aromatic carbocycles. The van der Waals surface area contributed by atoms with Gasteiger partial charge in [0.1, 0.15) is 0 Å². The second kappa shape index (κ2) is 17.4. The van der Waals surface area contributed by atoms with E-state index in [9.17, 15) is 0 Å². The maximum Gasteiger partial charge on any atom is -0.0157 e. The highest BCUT2D eigenvalue weighted by molar-refractivity contribution is 5.49. The van der Waals surface area contributed by atoms with Gasteiger partial charge in [-0.2, -0.15) is 0 Å². The van der Waals surface area contributed by atoms with E-state index in [1.165, 1.54) is 11.1 Å². The molecule has 0 heterocycles. The van der Waals surface area contributed by atoms with Crippen molar-refractivity contribution >= 4 is 0 Å². The van der Waals surface area contributed by atoms with Gasteiger partial charge in [0.2, 0.25) is 0 Å². The molecule has 20 heavy (non-hydrogen) atoms. The zero-order valence-corrected chi connectivity index (χ0v) is 14.2. The van der Waals surface area contributed by atoms with Gasteiger partial charge in [-0.1, -0.05) is 102 Å². The lowest BCUT2D eigenvalue weighted by molar-refractivity contribution is 1.33. The molecule has 0 aromatic heterocycles. The van der Waals surface area contributed by atoms with Crippen LogP contribution in [-0.2, 0) is 0 Å². The highest BCUT2D eigenvalue weighted by atomic mass is 14.0. The zero-order chi connectivity index (χ0) is 15.6. The molecule has 0 N–H and O–H groups in total. The predicted molar refractivity (Wildman–Crippen MR) is 96.0 cm³/mol. The molecular formula is C20H32. The van der Waals surface area contributed by atoms with E-state index in [4.69, 9.17) is 0 Å². The first-order valence-corrected chi connectivity index (χ1v) is 8.04. The minimum Gasteiger partial charge on any atom is -0.0807 e. The molecule has 0 radical (unpaired) electrons. The van der Waals surface area contributed by atoms with Gasteiger partial charge in [0.15, 0.2) is 0 Å². The fraction of sp³-hybridized carbons (Fsp3) is 0.400. The molecule has 0 nitrogen and oxygen atoms in total. The Balaban J connectivity index is 0. The number of rotatable bonds is 1. The highest BCUT2D eigenvalue weighted by Gasteiger charge is 1.99. The van der Waals surface area contributed by atoms with Crippen LogP contribution in [0.3, 0.4) is 0 Å². The molecule has 0 unspecified atom stereocenters. The Bertz CT molecular complexity index is 333. The third-order valence-electron chi connectivity index (χ3n) is 2.33. The molecule has 112 valence electrons. The smallest absolute Gasteiger partial charge is 0.0157 e. The van der Waals surface area contributed by atoms with Crippen molar-refractivity contribution < 1.29 is 0 Å². The van der Waals surface area contributed by atoms with Crippen LogP contribution in [0.4, 0.5) is 0 Å². The van der Waals surface area contributed by atoms with Gasteiger partial charge >= 0.3 is 0 Å². The molecular weight excluding hydrogens is 240 g/mol. The number of hydrogen-bond acceptors (Lipinski definition) is 0. The van der Waals surface area contributed by atoms with Crippen LogP contribution in [0.15, 0.2) is 71.9 Å². The average Bonchev–Trinajstić information content (AvgIpc) is 2.98. The predicted octanol–water partition coefficient (Wildman–Crippen LogP) is 6.95. The van der Waals surface area contributed by atoms with Crippen LogP contribution in [0, 0.1) is 0 Å². The lowest BCUT2D eigenvalue weighted by atomic mass is 10.0. The second-order valence-electron chi connectivity index (χ2n) is 3.36. The molecule has 2 aliphatic carbocycles. The summed E-state index contributed by atoms with van der Waals surface area (Å²) in [5.41, 5.74) is 2.66. The van der Waals surface area contributed by atoms with Crippen LogP contribution >= 0.6 is 0 Å². The summed E-state index contributed by atoms with van der Waals surface area (Å²) in [6, 6.07) is 0. The van der Waals surface area contributed by atoms with Crippen molar-refractivity contribution in [1.29, 1.82) is 0 Å². The molecule has 0 spiro atoms. The van der Waals surface area contributed by atoms with Gasteiger partial charge in [-0.05, 0) is 24.0 Å². The molecule has 0 aliphatic heterocycles. The molecule has 0 bridgehead atoms. The first-order valence-electron chi connectivity index (χ1n) is 8.04. The van der Waals surface area contributed by atoms with Crippen molar-refractivity contribution in [2.45, 2.75) is 54.4 Å². The van der Waals surface area contributed by atoms with Crippen LogP contribution < -0.4 is 0 Å². The van der Waals surface area contributed by atoms with Crippen LogP contribution in [0.5, 0.6) is 0 Å². The van der Waals surface area contributed by atoms with Gasteiger partial charge in [0, 0.05) is 0 Å². The maximum absolute atomic E-state index is 2.27. The summed E-state index contributed by atoms with van der Waals surface area (Å²) in [6.45, 7) is 12.0. The molecule has 0 aromatic rings. The van der Waals surface area contributed by atoms with E-state index in [0.717, 1.165) is 12.8 Å². The summed E-state index contributed by atoms with van der Waals surface area (Å²) in [4.78, 5) is 0. The Morgan fingerprint density at radius 2 is 0.900 bits per heavy atom. The zero-order valence-electron chi connectivity index (χ0n) is 14.2. The molecule has 0 heteroatoms. The Kier molecular flexibility index (Phi) is 18.1. The summed E-state index contributed by atoms with van der Waals surface area (Å²) >= 11 is 0. The molecule has 0 amide bonds. The monoisotopic (exact) mass is 272 g/mol. The third kappa shape index (κ3) is 9.38. The maximum atomic E-state index is 2.27. The van der Waals surface area contributed by atoms with Crippen molar-refractivity contribution in [1.82, 2.24) is 0 Å². The highest BCUT2D eigenvalue weighted by Crippen LogP contribution is 2.18. The van der Waals surface area contributed by atoms with E-state index in [0.29, 0.717) is 0 Å². The summed E-state index contributed by atoms with van der Waals surface area (Å²) < 4.78 is 0. The number of hydrogen-bond donors (Lipinski definition) is 0. The Morgan fingerprint density at radius 3 is 1.25 bits per heavy atom. The second-order valence-corrected chi connectivity index (χ2v) is 3.36. The summed E-state index contributed by atoms with van der Waals surface area (Å²) in [6.07, 6.45) is 23.7. The molecule has 2 rings (SSSR count). The van der Waals surface area contributed by atoms with Crippen LogP contribution in [0.25, 0.3) is 0 Å². The first kappa shape index (κ1) is 20.8. The van der Waals surface area contributed by atoms with E-state index in [2.05, 4.69) is 60.8 Å². The molecule has 0 saturated carbocycles. The summed E-state index contributed by atoms with van der Waals surface area (Å²) in [5.74, 6) is 0. The minimum absolute atomic E-state index is 1.03. The van der Waals surface area contributed by atoms with Crippen LogP contribution in [-0.4, -0.2) is 0 Å². The quantitative estimate of drug-likeness (QED) is 0.484. The average molecular weight is 272 g/mol. The SMILES string of the molecule is C1=CCC=C(C2=CCC=CC=C2)C=C1.CC.CC.CC.